The van der Waals surface area contributed by atoms with Crippen molar-refractivity contribution >= 4 is 209 Å². The van der Waals surface area contributed by atoms with E-state index in [0.29, 0.717) is 0 Å². The molecule has 0 unspecified atom stereocenters. The molecular weight excluding hydrogens is 941 g/mol. The predicted molar refractivity (Wildman–Crippen MR) is 376 cm³/mol. The molecule has 0 saturated carbocycles. The van der Waals surface area contributed by atoms with Crippen LogP contribution >= 0.6 is 0 Å². The zero-order chi connectivity index (χ0) is 54.1. The maximum absolute atomic E-state index is 6.58. The van der Waals surface area contributed by atoms with E-state index < -0.39 is 0 Å². The first kappa shape index (κ1) is 48.9. The van der Waals surface area contributed by atoms with Crippen LogP contribution in [-0.2, 0) is 0 Å². The van der Waals surface area contributed by atoms with Crippen molar-refractivity contribution in [2.45, 2.75) is 0 Å². The van der Waals surface area contributed by atoms with Gasteiger partial charge >= 0.3 is 0 Å². The second-order valence-electron chi connectivity index (χ2n) is 22.6. The molecule has 0 aliphatic heterocycles. The Morgan fingerprint density at radius 3 is 1.23 bits per heavy atom. The van der Waals surface area contributed by atoms with Gasteiger partial charge in [0.05, 0.1) is 0 Å². The molecule has 0 aliphatic rings. The van der Waals surface area contributed by atoms with E-state index in [0.717, 1.165) is 33.1 Å². The second kappa shape index (κ2) is 18.6. The maximum Gasteiger partial charge on any atom is 0.139 e. The molecule has 360 valence electrons. The lowest BCUT2D eigenvalue weighted by Crippen LogP contribution is -2.55. The van der Waals surface area contributed by atoms with Gasteiger partial charge in [0.2, 0.25) is 0 Å². The summed E-state index contributed by atoms with van der Waals surface area (Å²) in [5.74, 6) is 0. The molecule has 0 amide bonds. The quantitative estimate of drug-likeness (QED) is 0.141. The van der Waals surface area contributed by atoms with Crippen LogP contribution < -0.4 is 54.6 Å². The van der Waals surface area contributed by atoms with E-state index in [-0.39, 0.29) is 0 Å². The van der Waals surface area contributed by atoms with Gasteiger partial charge in [-0.2, -0.15) is 0 Å². The molecule has 0 spiro atoms. The molecule has 14 rings (SSSR count). The van der Waals surface area contributed by atoms with Gasteiger partial charge in [0.1, 0.15) is 89.6 Å². The van der Waals surface area contributed by atoms with Gasteiger partial charge in [-0.15, -0.1) is 32.8 Å². The molecule has 0 saturated heterocycles. The Kier molecular flexibility index (Phi) is 11.5. The largest absolute Gasteiger partial charge is 0.456 e. The highest BCUT2D eigenvalue weighted by Crippen LogP contribution is 2.46. The molecule has 0 fully saturated rings. The van der Waals surface area contributed by atoms with Gasteiger partial charge in [-0.05, 0) is 169 Å². The van der Waals surface area contributed by atoms with Crippen molar-refractivity contribution in [1.29, 1.82) is 0 Å². The van der Waals surface area contributed by atoms with Crippen molar-refractivity contribution in [3.63, 3.8) is 0 Å². The van der Waals surface area contributed by atoms with Crippen LogP contribution in [0.15, 0.2) is 199 Å². The average Bonchev–Trinajstić information content (AvgIpc) is 4.02. The monoisotopic (exact) mass is 994 g/mol. The molecule has 79 heavy (non-hydrogen) atoms. The third-order valence-electron chi connectivity index (χ3n) is 18.8. The van der Waals surface area contributed by atoms with E-state index in [9.17, 15) is 0 Å². The molecule has 0 atom stereocenters. The Balaban J connectivity index is 0.878. The summed E-state index contributed by atoms with van der Waals surface area (Å²) >= 11 is 0. The number of hydrogen-bond acceptors (Lipinski definition) is 1. The third kappa shape index (κ3) is 7.60. The van der Waals surface area contributed by atoms with E-state index in [1.54, 1.807) is 0 Å². The molecule has 0 aliphatic carbocycles. The lowest BCUT2D eigenvalue weighted by molar-refractivity contribution is 0.669. The minimum atomic E-state index is 0.903. The SMILES string of the molecule is Bc1c(B)c(B)c(-c2ccc3oc4cc(-c5ccc(-c6cc(-c7cc8ccccc8c8cc(-c9c%10ccccc%10c(-c%10c(B)c(B)c(B)c(B)c%10B)c%10ccccc9%10)ccc78)c7ccccc7c6)cc5)ccc4c3c2)c(B)c1B. The van der Waals surface area contributed by atoms with E-state index >= 15 is 0 Å². The summed E-state index contributed by atoms with van der Waals surface area (Å²) in [6, 6.07) is 72.9. The van der Waals surface area contributed by atoms with Crippen molar-refractivity contribution in [2.75, 3.05) is 0 Å². The Hall–Kier alpha value is -8.39. The Labute approximate surface area is 471 Å². The molecule has 0 N–H and O–H groups in total. The van der Waals surface area contributed by atoms with Crippen molar-refractivity contribution < 1.29 is 4.42 Å². The van der Waals surface area contributed by atoms with Crippen molar-refractivity contribution in [2.24, 2.45) is 0 Å². The normalized spacial score (nSPS) is 11.8. The summed E-state index contributed by atoms with van der Waals surface area (Å²) in [4.78, 5) is 0. The molecule has 1 aromatic heterocycles. The Morgan fingerprint density at radius 2 is 0.620 bits per heavy atom. The molecule has 0 radical (unpaired) electrons. The van der Waals surface area contributed by atoms with E-state index in [2.05, 4.69) is 273 Å². The average molecular weight is 993 g/mol. The number of furan rings is 1. The fourth-order valence-electron chi connectivity index (χ4n) is 13.7. The summed E-state index contributed by atoms with van der Waals surface area (Å²) in [5.41, 5.74) is 30.4. The molecule has 0 bridgehead atoms. The van der Waals surface area contributed by atoms with Crippen LogP contribution in [0.1, 0.15) is 0 Å². The highest BCUT2D eigenvalue weighted by atomic mass is 16.3. The van der Waals surface area contributed by atoms with Crippen molar-refractivity contribution in [3.05, 3.63) is 194 Å². The van der Waals surface area contributed by atoms with Crippen molar-refractivity contribution in [1.82, 2.24) is 0 Å². The summed E-state index contributed by atoms with van der Waals surface area (Å²) in [7, 11) is 22.7. The first-order valence-electron chi connectivity index (χ1n) is 28.0. The van der Waals surface area contributed by atoms with Gasteiger partial charge in [-0.25, -0.2) is 0 Å². The minimum Gasteiger partial charge on any atom is -0.456 e. The summed E-state index contributed by atoms with van der Waals surface area (Å²) in [6.07, 6.45) is 0. The molecule has 1 nitrogen and oxygen atoms in total. The molecule has 13 aromatic carbocycles. The second-order valence-corrected chi connectivity index (χ2v) is 22.6. The fourth-order valence-corrected chi connectivity index (χ4v) is 13.7. The van der Waals surface area contributed by atoms with Crippen LogP contribution in [0.25, 0.3) is 143 Å². The van der Waals surface area contributed by atoms with Gasteiger partial charge in [0, 0.05) is 10.8 Å². The standard InChI is InChI=1S/C68H52B10O/c69-59-56(60(70)64(74)67(77)63(59)73)39-23-26-53-52(30-39)44-25-21-35(32-54(44)79-53)33-17-19-34(20-18-33)40-27-36-9-1-3-11-41(36)50(31-40)51-28-37-10-2-4-12-42(37)49-29-38(22-24-43(49)51)55-45-13-5-7-15-47(45)57(48-16-8-6-14-46(48)55)58-61(71)65(75)68(78)66(76)62(58)72/h1-32H,69-78H2. The Bertz CT molecular complexity index is 4850. The van der Waals surface area contributed by atoms with Crippen LogP contribution in [0, 0.1) is 0 Å². The topological polar surface area (TPSA) is 13.1 Å². The van der Waals surface area contributed by atoms with E-state index in [1.165, 1.54) is 164 Å². The fraction of sp³-hybridized carbons (Fsp3) is 0. The van der Waals surface area contributed by atoms with Crippen LogP contribution in [-0.4, -0.2) is 78.5 Å². The maximum atomic E-state index is 6.58. The van der Waals surface area contributed by atoms with Gasteiger partial charge < -0.3 is 4.42 Å². The Morgan fingerprint density at radius 1 is 0.203 bits per heavy atom. The van der Waals surface area contributed by atoms with Crippen LogP contribution in [0.3, 0.4) is 0 Å². The number of benzene rings is 13. The third-order valence-corrected chi connectivity index (χ3v) is 18.8. The predicted octanol–water partition coefficient (Wildman–Crippen LogP) is 1.94. The summed E-state index contributed by atoms with van der Waals surface area (Å²) in [5, 5.41) is 14.8. The van der Waals surface area contributed by atoms with Crippen molar-refractivity contribution in [3.8, 4) is 66.8 Å². The number of rotatable bonds is 6. The van der Waals surface area contributed by atoms with Gasteiger partial charge in [0.25, 0.3) is 0 Å². The van der Waals surface area contributed by atoms with Gasteiger partial charge in [0.15, 0.2) is 0 Å². The summed E-state index contributed by atoms with van der Waals surface area (Å²) < 4.78 is 6.58. The first-order valence-corrected chi connectivity index (χ1v) is 28.0. The first-order chi connectivity index (χ1) is 38.3. The van der Waals surface area contributed by atoms with Gasteiger partial charge in [-0.1, -0.05) is 167 Å². The number of fused-ring (bicyclic) bond motifs is 9. The molecular formula is C68H52B10O. The minimum absolute atomic E-state index is 0.903. The zero-order valence-electron chi connectivity index (χ0n) is 46.9. The molecule has 1 heterocycles. The molecule has 11 heteroatoms. The van der Waals surface area contributed by atoms with Gasteiger partial charge in [-0.3, -0.25) is 0 Å². The lowest BCUT2D eigenvalue weighted by Gasteiger charge is -2.24. The number of hydrogen-bond donors (Lipinski definition) is 0. The van der Waals surface area contributed by atoms with Crippen LogP contribution in [0.2, 0.25) is 0 Å². The van der Waals surface area contributed by atoms with Crippen LogP contribution in [0.5, 0.6) is 0 Å². The zero-order valence-corrected chi connectivity index (χ0v) is 46.9. The smallest absolute Gasteiger partial charge is 0.139 e. The highest BCUT2D eigenvalue weighted by Gasteiger charge is 2.23. The summed E-state index contributed by atoms with van der Waals surface area (Å²) in [6.45, 7) is 0. The lowest BCUT2D eigenvalue weighted by atomic mass is 9.59. The van der Waals surface area contributed by atoms with Crippen LogP contribution in [0.4, 0.5) is 0 Å². The molecule has 14 aromatic rings. The van der Waals surface area contributed by atoms with E-state index in [4.69, 9.17) is 4.42 Å². The van der Waals surface area contributed by atoms with E-state index in [1.807, 2.05) is 0 Å². The highest BCUT2D eigenvalue weighted by molar-refractivity contribution is 6.70.